The summed E-state index contributed by atoms with van der Waals surface area (Å²) < 4.78 is 0. The highest BCUT2D eigenvalue weighted by Crippen LogP contribution is 2.30. The van der Waals surface area contributed by atoms with Crippen LogP contribution in [-0.2, 0) is 6.54 Å². The molecule has 0 bridgehead atoms. The molecule has 0 spiro atoms. The van der Waals surface area contributed by atoms with Gasteiger partial charge in [0.25, 0.3) is 5.91 Å². The van der Waals surface area contributed by atoms with Crippen molar-refractivity contribution in [2.45, 2.75) is 13.5 Å². The molecule has 0 aliphatic carbocycles. The average molecular weight is 290 g/mol. The maximum atomic E-state index is 11.9. The number of anilines is 2. The molecule has 0 aromatic carbocycles. The smallest absolute Gasteiger partial charge is 0.265 e. The van der Waals surface area contributed by atoms with Gasteiger partial charge in [0.05, 0.1) is 22.9 Å². The molecule has 20 heavy (non-hydrogen) atoms. The molecule has 0 fully saturated rings. The van der Waals surface area contributed by atoms with Crippen LogP contribution in [-0.4, -0.2) is 29.9 Å². The van der Waals surface area contributed by atoms with Gasteiger partial charge in [-0.2, -0.15) is 0 Å². The fraction of sp³-hybridized carbons (Fsp3) is 0.286. The Kier molecular flexibility index (Phi) is 4.24. The van der Waals surface area contributed by atoms with Crippen molar-refractivity contribution < 1.29 is 4.79 Å². The summed E-state index contributed by atoms with van der Waals surface area (Å²) in [5.74, 6) is -0.0745. The van der Waals surface area contributed by atoms with Crippen molar-refractivity contribution in [3.8, 4) is 0 Å². The summed E-state index contributed by atoms with van der Waals surface area (Å²) in [5, 5.41) is 4.13. The van der Waals surface area contributed by atoms with Crippen LogP contribution in [0.1, 0.15) is 20.9 Å². The zero-order valence-electron chi connectivity index (χ0n) is 11.8. The van der Waals surface area contributed by atoms with Gasteiger partial charge in [-0.25, -0.2) is 0 Å². The maximum absolute atomic E-state index is 11.9. The van der Waals surface area contributed by atoms with E-state index in [4.69, 9.17) is 5.73 Å². The normalized spacial score (nSPS) is 10.3. The molecule has 5 nitrogen and oxygen atoms in total. The molecule has 0 aliphatic heterocycles. The monoisotopic (exact) mass is 290 g/mol. The fourth-order valence-electron chi connectivity index (χ4n) is 1.74. The number of carbonyl (C=O) groups is 1. The Labute approximate surface area is 122 Å². The van der Waals surface area contributed by atoms with Crippen LogP contribution in [0, 0.1) is 6.92 Å². The minimum absolute atomic E-state index is 0.0745. The highest BCUT2D eigenvalue weighted by atomic mass is 32.1. The third-order valence-electron chi connectivity index (χ3n) is 2.91. The van der Waals surface area contributed by atoms with Crippen LogP contribution in [0.4, 0.5) is 10.7 Å². The van der Waals surface area contributed by atoms with Crippen LogP contribution in [0.25, 0.3) is 0 Å². The van der Waals surface area contributed by atoms with Crippen molar-refractivity contribution >= 4 is 27.9 Å². The number of nitrogens with zero attached hydrogens (tertiary/aromatic N) is 2. The topological polar surface area (TPSA) is 71.2 Å². The average Bonchev–Trinajstić information content (AvgIpc) is 2.78. The van der Waals surface area contributed by atoms with Crippen molar-refractivity contribution in [3.05, 3.63) is 40.5 Å². The Morgan fingerprint density at radius 1 is 1.50 bits per heavy atom. The number of rotatable bonds is 4. The summed E-state index contributed by atoms with van der Waals surface area (Å²) in [7, 11) is 3.43. The molecule has 2 rings (SSSR count). The predicted octanol–water partition coefficient (Wildman–Crippen LogP) is 2.35. The van der Waals surface area contributed by atoms with Gasteiger partial charge in [-0.1, -0.05) is 6.07 Å². The standard InChI is InChI=1S/C14H18N4OS/c1-9-5-4-6-16-11(9)8-17-12-7-10(15)13(20-12)14(19)18(2)3/h4-7,17H,8,15H2,1-3H3. The Balaban J connectivity index is 2.10. The van der Waals surface area contributed by atoms with E-state index in [-0.39, 0.29) is 5.91 Å². The van der Waals surface area contributed by atoms with Crippen molar-refractivity contribution in [1.29, 1.82) is 0 Å². The number of carbonyl (C=O) groups excluding carboxylic acids is 1. The quantitative estimate of drug-likeness (QED) is 0.906. The first kappa shape index (κ1) is 14.3. The third kappa shape index (κ3) is 3.08. The lowest BCUT2D eigenvalue weighted by atomic mass is 10.2. The number of nitrogen functional groups attached to an aromatic ring is 1. The van der Waals surface area contributed by atoms with E-state index in [0.29, 0.717) is 17.1 Å². The van der Waals surface area contributed by atoms with Gasteiger partial charge in [-0.05, 0) is 24.6 Å². The van der Waals surface area contributed by atoms with Crippen molar-refractivity contribution in [2.24, 2.45) is 0 Å². The number of aromatic nitrogens is 1. The van der Waals surface area contributed by atoms with E-state index in [1.54, 1.807) is 26.4 Å². The summed E-state index contributed by atoms with van der Waals surface area (Å²) in [6.07, 6.45) is 1.77. The molecule has 106 valence electrons. The lowest BCUT2D eigenvalue weighted by Crippen LogP contribution is -2.21. The van der Waals surface area contributed by atoms with Crippen molar-refractivity contribution in [1.82, 2.24) is 9.88 Å². The zero-order valence-corrected chi connectivity index (χ0v) is 12.6. The molecule has 6 heteroatoms. The van der Waals surface area contributed by atoms with Crippen LogP contribution in [0.5, 0.6) is 0 Å². The molecule has 3 N–H and O–H groups in total. The van der Waals surface area contributed by atoms with E-state index in [1.807, 2.05) is 19.1 Å². The van der Waals surface area contributed by atoms with E-state index in [0.717, 1.165) is 16.3 Å². The van der Waals surface area contributed by atoms with Crippen molar-refractivity contribution in [3.63, 3.8) is 0 Å². The number of hydrogen-bond acceptors (Lipinski definition) is 5. The van der Waals surface area contributed by atoms with E-state index < -0.39 is 0 Å². The first-order valence-electron chi connectivity index (χ1n) is 6.24. The second-order valence-electron chi connectivity index (χ2n) is 4.72. The van der Waals surface area contributed by atoms with E-state index >= 15 is 0 Å². The van der Waals surface area contributed by atoms with Crippen LogP contribution in [0.15, 0.2) is 24.4 Å². The van der Waals surface area contributed by atoms with Gasteiger partial charge < -0.3 is 16.0 Å². The molecule has 0 unspecified atom stereocenters. The molecule has 0 aliphatic rings. The maximum Gasteiger partial charge on any atom is 0.265 e. The molecule has 0 radical (unpaired) electrons. The van der Waals surface area contributed by atoms with Gasteiger partial charge in [0, 0.05) is 20.3 Å². The van der Waals surface area contributed by atoms with E-state index in [2.05, 4.69) is 10.3 Å². The lowest BCUT2D eigenvalue weighted by molar-refractivity contribution is 0.0833. The third-order valence-corrected chi connectivity index (χ3v) is 4.01. The van der Waals surface area contributed by atoms with Gasteiger partial charge in [-0.3, -0.25) is 9.78 Å². The van der Waals surface area contributed by atoms with Crippen LogP contribution in [0.2, 0.25) is 0 Å². The first-order chi connectivity index (χ1) is 9.49. The number of aryl methyl sites for hydroxylation is 1. The predicted molar refractivity (Wildman–Crippen MR) is 83.0 cm³/mol. The highest BCUT2D eigenvalue weighted by molar-refractivity contribution is 7.18. The molecule has 1 amide bonds. The molecule has 2 aromatic heterocycles. The summed E-state index contributed by atoms with van der Waals surface area (Å²) in [5.41, 5.74) is 8.51. The van der Waals surface area contributed by atoms with Gasteiger partial charge in [-0.15, -0.1) is 11.3 Å². The van der Waals surface area contributed by atoms with E-state index in [9.17, 15) is 4.79 Å². The molecule has 0 saturated heterocycles. The van der Waals surface area contributed by atoms with E-state index in [1.165, 1.54) is 16.2 Å². The highest BCUT2D eigenvalue weighted by Gasteiger charge is 2.16. The molecule has 0 atom stereocenters. The largest absolute Gasteiger partial charge is 0.397 e. The molecule has 2 heterocycles. The van der Waals surface area contributed by atoms with Crippen LogP contribution < -0.4 is 11.1 Å². The minimum Gasteiger partial charge on any atom is -0.397 e. The van der Waals surface area contributed by atoms with Crippen molar-refractivity contribution in [2.75, 3.05) is 25.1 Å². The summed E-state index contributed by atoms with van der Waals surface area (Å²) in [6, 6.07) is 5.73. The Morgan fingerprint density at radius 3 is 2.90 bits per heavy atom. The number of hydrogen-bond donors (Lipinski definition) is 2. The number of nitrogens with one attached hydrogen (secondary N) is 1. The second-order valence-corrected chi connectivity index (χ2v) is 5.77. The minimum atomic E-state index is -0.0745. The summed E-state index contributed by atoms with van der Waals surface area (Å²) in [4.78, 5) is 18.3. The molecule has 0 saturated carbocycles. The number of thiophene rings is 1. The number of nitrogens with two attached hydrogens (primary N) is 1. The SMILES string of the molecule is Cc1cccnc1CNc1cc(N)c(C(=O)N(C)C)s1. The summed E-state index contributed by atoms with van der Waals surface area (Å²) in [6.45, 7) is 2.63. The molecule has 2 aromatic rings. The fourth-order valence-corrected chi connectivity index (χ4v) is 2.73. The zero-order chi connectivity index (χ0) is 14.7. The van der Waals surface area contributed by atoms with Gasteiger partial charge in [0.2, 0.25) is 0 Å². The first-order valence-corrected chi connectivity index (χ1v) is 7.06. The Morgan fingerprint density at radius 2 is 2.25 bits per heavy atom. The molecular formula is C14H18N4OS. The molecular weight excluding hydrogens is 272 g/mol. The summed E-state index contributed by atoms with van der Waals surface area (Å²) >= 11 is 1.37. The Bertz CT molecular complexity index is 621. The van der Waals surface area contributed by atoms with Gasteiger partial charge in [0.15, 0.2) is 0 Å². The number of pyridine rings is 1. The Hall–Kier alpha value is -2.08. The van der Waals surface area contributed by atoms with Crippen LogP contribution >= 0.6 is 11.3 Å². The van der Waals surface area contributed by atoms with Gasteiger partial charge >= 0.3 is 0 Å². The number of amides is 1. The second kappa shape index (κ2) is 5.92. The van der Waals surface area contributed by atoms with Gasteiger partial charge in [0.1, 0.15) is 4.88 Å². The lowest BCUT2D eigenvalue weighted by Gasteiger charge is -2.08. The van der Waals surface area contributed by atoms with Crippen LogP contribution in [0.3, 0.4) is 0 Å².